The van der Waals surface area contributed by atoms with Crippen LogP contribution in [0.5, 0.6) is 0 Å². The summed E-state index contributed by atoms with van der Waals surface area (Å²) in [5, 5.41) is 8.97. The molecule has 0 saturated carbocycles. The number of hydrogen-bond donors (Lipinski definition) is 3. The largest absolute Gasteiger partial charge is 0.337 e. The predicted molar refractivity (Wildman–Crippen MR) is 99.8 cm³/mol. The molecule has 1 unspecified atom stereocenters. The monoisotopic (exact) mass is 356 g/mol. The third kappa shape index (κ3) is 4.47. The highest BCUT2D eigenvalue weighted by molar-refractivity contribution is 5.93. The molecule has 1 fully saturated rings. The quantitative estimate of drug-likeness (QED) is 0.742. The van der Waals surface area contributed by atoms with Crippen molar-refractivity contribution in [2.75, 3.05) is 36.8 Å². The summed E-state index contributed by atoms with van der Waals surface area (Å²) in [5.41, 5.74) is 1.40. The van der Waals surface area contributed by atoms with Crippen LogP contribution in [0, 0.1) is 0 Å². The fourth-order valence-electron chi connectivity index (χ4n) is 3.11. The molecule has 138 valence electrons. The Labute approximate surface area is 152 Å². The van der Waals surface area contributed by atoms with Gasteiger partial charge in [0.15, 0.2) is 0 Å². The van der Waals surface area contributed by atoms with Crippen molar-refractivity contribution in [2.45, 2.75) is 13.0 Å². The molecule has 1 aliphatic rings. The summed E-state index contributed by atoms with van der Waals surface area (Å²) in [4.78, 5) is 30.1. The number of amides is 2. The van der Waals surface area contributed by atoms with Crippen LogP contribution in [0.3, 0.4) is 0 Å². The lowest BCUT2D eigenvalue weighted by molar-refractivity contribution is -0.118. The minimum absolute atomic E-state index is 0.0663. The van der Waals surface area contributed by atoms with Crippen LogP contribution in [0.2, 0.25) is 0 Å². The number of nitrogens with zero attached hydrogens (tertiary/aromatic N) is 3. The van der Waals surface area contributed by atoms with E-state index >= 15 is 0 Å². The Balaban J connectivity index is 1.61. The molecule has 1 atom stereocenters. The van der Waals surface area contributed by atoms with E-state index in [1.807, 2.05) is 17.8 Å². The number of anilines is 2. The number of nitrogens with one attached hydrogen (secondary N) is 3. The van der Waals surface area contributed by atoms with Crippen molar-refractivity contribution >= 4 is 23.2 Å². The first-order valence-electron chi connectivity index (χ1n) is 8.62. The maximum atomic E-state index is 12.5. The molecule has 2 heterocycles. The number of carbonyl (C=O) groups excluding carboxylic acids is 2. The minimum Gasteiger partial charge on any atom is -0.337 e. The summed E-state index contributed by atoms with van der Waals surface area (Å²) in [6.45, 7) is 4.16. The van der Waals surface area contributed by atoms with Crippen LogP contribution in [0.1, 0.15) is 18.8 Å². The van der Waals surface area contributed by atoms with Crippen LogP contribution < -0.4 is 16.0 Å². The van der Waals surface area contributed by atoms with E-state index in [0.717, 1.165) is 25.5 Å². The molecule has 26 heavy (non-hydrogen) atoms. The van der Waals surface area contributed by atoms with Gasteiger partial charge in [-0.15, -0.1) is 0 Å². The molecule has 2 amide bonds. The van der Waals surface area contributed by atoms with E-state index < -0.39 is 0 Å². The molecule has 2 aromatic rings. The van der Waals surface area contributed by atoms with Crippen molar-refractivity contribution in [1.82, 2.24) is 19.8 Å². The van der Waals surface area contributed by atoms with E-state index in [4.69, 9.17) is 0 Å². The molecular formula is C18H24N6O2. The zero-order valence-corrected chi connectivity index (χ0v) is 15.0. The Kier molecular flexibility index (Phi) is 5.65. The average Bonchev–Trinajstić information content (AvgIpc) is 3.02. The summed E-state index contributed by atoms with van der Waals surface area (Å²) < 4.78 is 1.99. The number of rotatable bonds is 5. The lowest BCUT2D eigenvalue weighted by atomic mass is 10.1. The van der Waals surface area contributed by atoms with Gasteiger partial charge in [-0.05, 0) is 24.3 Å². The number of carbonyl (C=O) groups is 2. The molecule has 0 aliphatic carbocycles. The Morgan fingerprint density at radius 1 is 1.23 bits per heavy atom. The van der Waals surface area contributed by atoms with Crippen molar-refractivity contribution in [2.24, 2.45) is 7.05 Å². The van der Waals surface area contributed by atoms with Crippen LogP contribution in [0.4, 0.5) is 11.4 Å². The van der Waals surface area contributed by atoms with E-state index in [9.17, 15) is 9.59 Å². The number of piperazine rings is 1. The summed E-state index contributed by atoms with van der Waals surface area (Å²) in [6.07, 6.45) is 3.69. The second-order valence-corrected chi connectivity index (χ2v) is 6.39. The van der Waals surface area contributed by atoms with Gasteiger partial charge in [0.05, 0.1) is 12.6 Å². The van der Waals surface area contributed by atoms with Crippen molar-refractivity contribution < 1.29 is 9.59 Å². The van der Waals surface area contributed by atoms with Crippen molar-refractivity contribution in [1.29, 1.82) is 0 Å². The standard InChI is InChI=1S/C18H24N6O2/c1-13(25)21-14-3-5-15(6-4-14)22-17(26)12-24-10-7-19-11-16(24)18-20-8-9-23(18)2/h3-6,8-9,16,19H,7,10-12H2,1-2H3,(H,21,25)(H,22,26). The average molecular weight is 356 g/mol. The van der Waals surface area contributed by atoms with E-state index in [0.29, 0.717) is 17.9 Å². The summed E-state index contributed by atoms with van der Waals surface area (Å²) >= 11 is 0. The van der Waals surface area contributed by atoms with Crippen molar-refractivity contribution in [3.05, 3.63) is 42.5 Å². The first-order chi connectivity index (χ1) is 12.5. The van der Waals surface area contributed by atoms with Crippen LogP contribution in [0.25, 0.3) is 0 Å². The summed E-state index contributed by atoms with van der Waals surface area (Å²) in [6, 6.07) is 7.14. The van der Waals surface area contributed by atoms with Crippen LogP contribution in [-0.4, -0.2) is 52.4 Å². The molecule has 0 spiro atoms. The maximum absolute atomic E-state index is 12.5. The van der Waals surface area contributed by atoms with E-state index in [1.165, 1.54) is 6.92 Å². The lowest BCUT2D eigenvalue weighted by Crippen LogP contribution is -2.49. The zero-order chi connectivity index (χ0) is 18.5. The van der Waals surface area contributed by atoms with Crippen LogP contribution >= 0.6 is 0 Å². The molecule has 8 heteroatoms. The third-order valence-electron chi connectivity index (χ3n) is 4.35. The first kappa shape index (κ1) is 18.1. The van der Waals surface area contributed by atoms with Crippen LogP contribution in [-0.2, 0) is 16.6 Å². The van der Waals surface area contributed by atoms with Crippen molar-refractivity contribution in [3.63, 3.8) is 0 Å². The van der Waals surface area contributed by atoms with Gasteiger partial charge in [-0.25, -0.2) is 4.98 Å². The molecule has 0 radical (unpaired) electrons. The number of aromatic nitrogens is 2. The van der Waals surface area contributed by atoms with Gasteiger partial charge in [-0.2, -0.15) is 0 Å². The molecule has 3 rings (SSSR count). The normalized spacial score (nSPS) is 17.7. The highest BCUT2D eigenvalue weighted by atomic mass is 16.2. The molecule has 1 aliphatic heterocycles. The molecule has 1 aromatic heterocycles. The van der Waals surface area contributed by atoms with Gasteiger partial charge in [-0.3, -0.25) is 14.5 Å². The molecule has 3 N–H and O–H groups in total. The Morgan fingerprint density at radius 3 is 2.54 bits per heavy atom. The van der Waals surface area contributed by atoms with Gasteiger partial charge in [0, 0.05) is 57.4 Å². The van der Waals surface area contributed by atoms with E-state index in [1.54, 1.807) is 30.5 Å². The number of benzene rings is 1. The second kappa shape index (κ2) is 8.11. The molecule has 1 saturated heterocycles. The highest BCUT2D eigenvalue weighted by Crippen LogP contribution is 2.20. The number of imidazole rings is 1. The highest BCUT2D eigenvalue weighted by Gasteiger charge is 2.28. The molecule has 0 bridgehead atoms. The Hall–Kier alpha value is -2.71. The van der Waals surface area contributed by atoms with Crippen molar-refractivity contribution in [3.8, 4) is 0 Å². The second-order valence-electron chi connectivity index (χ2n) is 6.39. The number of aryl methyl sites for hydroxylation is 1. The molecule has 1 aromatic carbocycles. The first-order valence-corrected chi connectivity index (χ1v) is 8.62. The number of hydrogen-bond acceptors (Lipinski definition) is 5. The van der Waals surface area contributed by atoms with Gasteiger partial charge in [0.1, 0.15) is 5.82 Å². The van der Waals surface area contributed by atoms with Gasteiger partial charge < -0.3 is 20.5 Å². The van der Waals surface area contributed by atoms with Gasteiger partial charge in [0.25, 0.3) is 0 Å². The zero-order valence-electron chi connectivity index (χ0n) is 15.0. The van der Waals surface area contributed by atoms with Gasteiger partial charge in [0.2, 0.25) is 11.8 Å². The third-order valence-corrected chi connectivity index (χ3v) is 4.35. The smallest absolute Gasteiger partial charge is 0.238 e. The SMILES string of the molecule is CC(=O)Nc1ccc(NC(=O)CN2CCNCC2c2nccn2C)cc1. The Bertz CT molecular complexity index is 770. The maximum Gasteiger partial charge on any atom is 0.238 e. The fourth-order valence-corrected chi connectivity index (χ4v) is 3.11. The van der Waals surface area contributed by atoms with Gasteiger partial charge >= 0.3 is 0 Å². The minimum atomic E-state index is -0.124. The molecular weight excluding hydrogens is 332 g/mol. The van der Waals surface area contributed by atoms with E-state index in [-0.39, 0.29) is 17.9 Å². The molecule has 8 nitrogen and oxygen atoms in total. The Morgan fingerprint density at radius 2 is 1.92 bits per heavy atom. The van der Waals surface area contributed by atoms with Gasteiger partial charge in [-0.1, -0.05) is 0 Å². The fraction of sp³-hybridized carbons (Fsp3) is 0.389. The summed E-state index contributed by atoms with van der Waals surface area (Å²) in [5.74, 6) is 0.754. The predicted octanol–water partition coefficient (Wildman–Crippen LogP) is 0.964. The van der Waals surface area contributed by atoms with Crippen LogP contribution in [0.15, 0.2) is 36.7 Å². The summed E-state index contributed by atoms with van der Waals surface area (Å²) in [7, 11) is 1.96. The topological polar surface area (TPSA) is 91.3 Å². The van der Waals surface area contributed by atoms with E-state index in [2.05, 4.69) is 25.8 Å². The lowest BCUT2D eigenvalue weighted by Gasteiger charge is -2.35.